The Morgan fingerprint density at radius 1 is 1.13 bits per heavy atom. The molecule has 0 amide bonds. The Bertz CT molecular complexity index is 657. The van der Waals surface area contributed by atoms with Crippen LogP contribution in [-0.2, 0) is 6.54 Å². The van der Waals surface area contributed by atoms with Gasteiger partial charge in [-0.05, 0) is 37.6 Å². The van der Waals surface area contributed by atoms with E-state index in [-0.39, 0.29) is 5.56 Å². The molecular formula is C17H23N5O. The van der Waals surface area contributed by atoms with Gasteiger partial charge in [0.05, 0.1) is 6.54 Å². The Morgan fingerprint density at radius 3 is 2.83 bits per heavy atom. The first kappa shape index (κ1) is 15.7. The lowest BCUT2D eigenvalue weighted by Crippen LogP contribution is -2.45. The van der Waals surface area contributed by atoms with Crippen LogP contribution in [0.2, 0.25) is 0 Å². The molecule has 1 N–H and O–H groups in total. The van der Waals surface area contributed by atoms with E-state index in [4.69, 9.17) is 0 Å². The number of aromatic nitrogens is 3. The Kier molecular flexibility index (Phi) is 5.37. The first-order valence-corrected chi connectivity index (χ1v) is 8.23. The topological polar surface area (TPSA) is 63.1 Å². The first-order valence-electron chi connectivity index (χ1n) is 8.23. The van der Waals surface area contributed by atoms with Crippen molar-refractivity contribution in [3.8, 4) is 0 Å². The van der Waals surface area contributed by atoms with Gasteiger partial charge in [-0.25, -0.2) is 4.68 Å². The Morgan fingerprint density at radius 2 is 2.00 bits per heavy atom. The summed E-state index contributed by atoms with van der Waals surface area (Å²) in [6.45, 7) is 3.51. The van der Waals surface area contributed by atoms with Gasteiger partial charge in [-0.1, -0.05) is 6.42 Å². The molecule has 1 atom stereocenters. The van der Waals surface area contributed by atoms with Crippen molar-refractivity contribution in [2.75, 3.05) is 25.0 Å². The number of nitrogens with zero attached hydrogens (tertiary/aromatic N) is 4. The fourth-order valence-corrected chi connectivity index (χ4v) is 3.07. The molecule has 0 bridgehead atoms. The molecular weight excluding hydrogens is 290 g/mol. The molecule has 122 valence electrons. The summed E-state index contributed by atoms with van der Waals surface area (Å²) < 4.78 is 1.54. The molecule has 2 aromatic heterocycles. The van der Waals surface area contributed by atoms with Crippen LogP contribution in [0, 0.1) is 0 Å². The fraction of sp³-hybridized carbons (Fsp3) is 0.471. The summed E-state index contributed by atoms with van der Waals surface area (Å²) in [7, 11) is 0. The van der Waals surface area contributed by atoms with Gasteiger partial charge in [-0.2, -0.15) is 5.10 Å². The third kappa shape index (κ3) is 4.39. The minimum absolute atomic E-state index is 0.0315. The van der Waals surface area contributed by atoms with Gasteiger partial charge in [-0.3, -0.25) is 14.7 Å². The van der Waals surface area contributed by atoms with E-state index in [1.54, 1.807) is 35.4 Å². The molecule has 2 aromatic rings. The lowest BCUT2D eigenvalue weighted by atomic mass is 10.0. The maximum absolute atomic E-state index is 11.7. The molecule has 0 aliphatic carbocycles. The zero-order chi connectivity index (χ0) is 15.9. The third-order valence-electron chi connectivity index (χ3n) is 4.36. The normalized spacial score (nSPS) is 18.7. The van der Waals surface area contributed by atoms with Gasteiger partial charge >= 0.3 is 0 Å². The average molecular weight is 313 g/mol. The maximum atomic E-state index is 11.7. The van der Waals surface area contributed by atoms with Crippen LogP contribution in [0.15, 0.2) is 47.7 Å². The zero-order valence-electron chi connectivity index (χ0n) is 13.3. The molecule has 6 heteroatoms. The van der Waals surface area contributed by atoms with Crippen LogP contribution in [0.5, 0.6) is 0 Å². The van der Waals surface area contributed by atoms with Crippen molar-refractivity contribution in [2.24, 2.45) is 0 Å². The molecule has 3 heterocycles. The summed E-state index contributed by atoms with van der Waals surface area (Å²) in [6.07, 6.45) is 8.95. The molecule has 0 saturated carbocycles. The minimum atomic E-state index is -0.0315. The summed E-state index contributed by atoms with van der Waals surface area (Å²) >= 11 is 0. The molecule has 23 heavy (non-hydrogen) atoms. The Labute approximate surface area is 136 Å². The van der Waals surface area contributed by atoms with Crippen LogP contribution in [0.1, 0.15) is 19.3 Å². The number of piperidine rings is 1. The number of hydrogen-bond donors (Lipinski definition) is 1. The average Bonchev–Trinajstić information content (AvgIpc) is 2.61. The number of rotatable bonds is 6. The largest absolute Gasteiger partial charge is 0.383 e. The fourth-order valence-electron chi connectivity index (χ4n) is 3.07. The second kappa shape index (κ2) is 7.87. The van der Waals surface area contributed by atoms with Gasteiger partial charge in [0.1, 0.15) is 0 Å². The number of nitrogens with one attached hydrogen (secondary N) is 1. The van der Waals surface area contributed by atoms with Gasteiger partial charge in [0.15, 0.2) is 0 Å². The highest BCUT2D eigenvalue weighted by molar-refractivity contribution is 5.40. The van der Waals surface area contributed by atoms with Crippen molar-refractivity contribution in [1.82, 2.24) is 19.7 Å². The number of pyridine rings is 1. The van der Waals surface area contributed by atoms with Crippen molar-refractivity contribution < 1.29 is 0 Å². The lowest BCUT2D eigenvalue weighted by Gasteiger charge is -2.36. The van der Waals surface area contributed by atoms with Gasteiger partial charge in [-0.15, -0.1) is 0 Å². The maximum Gasteiger partial charge on any atom is 0.266 e. The van der Waals surface area contributed by atoms with Gasteiger partial charge in [0.25, 0.3) is 5.56 Å². The van der Waals surface area contributed by atoms with Crippen LogP contribution in [-0.4, -0.2) is 45.3 Å². The van der Waals surface area contributed by atoms with Crippen LogP contribution in [0.25, 0.3) is 0 Å². The van der Waals surface area contributed by atoms with Crippen molar-refractivity contribution in [1.29, 1.82) is 0 Å². The van der Waals surface area contributed by atoms with E-state index in [0.717, 1.165) is 25.3 Å². The summed E-state index contributed by atoms with van der Waals surface area (Å²) in [5, 5.41) is 7.62. The van der Waals surface area contributed by atoms with Gasteiger partial charge in [0.2, 0.25) is 0 Å². The van der Waals surface area contributed by atoms with E-state index in [1.807, 2.05) is 12.1 Å². The van der Waals surface area contributed by atoms with E-state index < -0.39 is 0 Å². The zero-order valence-corrected chi connectivity index (χ0v) is 13.3. The molecule has 6 nitrogen and oxygen atoms in total. The van der Waals surface area contributed by atoms with E-state index in [2.05, 4.69) is 20.3 Å². The highest BCUT2D eigenvalue weighted by atomic mass is 16.1. The number of anilines is 1. The summed E-state index contributed by atoms with van der Waals surface area (Å²) in [4.78, 5) is 18.3. The third-order valence-corrected chi connectivity index (χ3v) is 4.36. The summed E-state index contributed by atoms with van der Waals surface area (Å²) in [6, 6.07) is 7.71. The van der Waals surface area contributed by atoms with E-state index in [0.29, 0.717) is 12.6 Å². The molecule has 3 rings (SSSR count). The quantitative estimate of drug-likeness (QED) is 0.878. The molecule has 1 aliphatic heterocycles. The molecule has 0 spiro atoms. The number of hydrogen-bond acceptors (Lipinski definition) is 5. The van der Waals surface area contributed by atoms with Gasteiger partial charge < -0.3 is 5.32 Å². The predicted molar refractivity (Wildman–Crippen MR) is 90.4 cm³/mol. The molecule has 0 radical (unpaired) electrons. The second-order valence-corrected chi connectivity index (χ2v) is 5.89. The van der Waals surface area contributed by atoms with Crippen LogP contribution < -0.4 is 10.9 Å². The van der Waals surface area contributed by atoms with Crippen molar-refractivity contribution >= 4 is 5.69 Å². The monoisotopic (exact) mass is 313 g/mol. The van der Waals surface area contributed by atoms with Crippen LogP contribution in [0.4, 0.5) is 5.69 Å². The minimum Gasteiger partial charge on any atom is -0.383 e. The lowest BCUT2D eigenvalue weighted by molar-refractivity contribution is 0.148. The second-order valence-electron chi connectivity index (χ2n) is 5.89. The van der Waals surface area contributed by atoms with E-state index >= 15 is 0 Å². The van der Waals surface area contributed by atoms with E-state index in [9.17, 15) is 4.79 Å². The molecule has 1 unspecified atom stereocenters. The summed E-state index contributed by atoms with van der Waals surface area (Å²) in [5.74, 6) is 0. The SMILES string of the molecule is O=c1cccnn1CCN1CCCCC1CNc1ccncc1. The predicted octanol–water partition coefficient (Wildman–Crippen LogP) is 1.60. The molecule has 1 saturated heterocycles. The smallest absolute Gasteiger partial charge is 0.266 e. The molecule has 0 aromatic carbocycles. The van der Waals surface area contributed by atoms with Crippen molar-refractivity contribution in [3.05, 3.63) is 53.2 Å². The van der Waals surface area contributed by atoms with Crippen LogP contribution in [0.3, 0.4) is 0 Å². The summed E-state index contributed by atoms with van der Waals surface area (Å²) in [5.41, 5.74) is 1.07. The Hall–Kier alpha value is -2.21. The Balaban J connectivity index is 1.56. The highest BCUT2D eigenvalue weighted by Gasteiger charge is 2.22. The van der Waals surface area contributed by atoms with Gasteiger partial charge in [0, 0.05) is 49.5 Å². The van der Waals surface area contributed by atoms with E-state index in [1.165, 1.54) is 19.3 Å². The molecule has 1 aliphatic rings. The van der Waals surface area contributed by atoms with Crippen molar-refractivity contribution in [2.45, 2.75) is 31.8 Å². The van der Waals surface area contributed by atoms with Crippen molar-refractivity contribution in [3.63, 3.8) is 0 Å². The standard InChI is InChI=1S/C17H23N5O/c23-17-5-3-8-20-22(17)13-12-21-11-2-1-4-16(21)14-19-15-6-9-18-10-7-15/h3,5-10,16H,1-2,4,11-14H2,(H,18,19). The molecule has 1 fully saturated rings. The highest BCUT2D eigenvalue weighted by Crippen LogP contribution is 2.17. The first-order chi connectivity index (χ1) is 11.3. The van der Waals surface area contributed by atoms with Crippen LogP contribution >= 0.6 is 0 Å². The number of likely N-dealkylation sites (tertiary alicyclic amines) is 1.